The number of fused-ring (bicyclic) bond motifs is 2. The molecule has 0 radical (unpaired) electrons. The first-order valence-electron chi connectivity index (χ1n) is 7.59. The van der Waals surface area contributed by atoms with E-state index < -0.39 is 24.4 Å². The van der Waals surface area contributed by atoms with Crippen LogP contribution in [-0.2, 0) is 16.0 Å². The highest BCUT2D eigenvalue weighted by Crippen LogP contribution is 2.34. The van der Waals surface area contributed by atoms with Gasteiger partial charge in [-0.15, -0.1) is 0 Å². The number of carboxylic acid groups (broad SMARTS) is 2. The lowest BCUT2D eigenvalue weighted by Crippen LogP contribution is -2.34. The Kier molecular flexibility index (Phi) is 4.18. The first-order chi connectivity index (χ1) is 11.5. The largest absolute Gasteiger partial charge is 0.481 e. The van der Waals surface area contributed by atoms with Crippen molar-refractivity contribution in [3.8, 4) is 0 Å². The molecule has 2 aromatic carbocycles. The summed E-state index contributed by atoms with van der Waals surface area (Å²) in [5.41, 5.74) is 8.45. The maximum atomic E-state index is 11.3. The van der Waals surface area contributed by atoms with Crippen molar-refractivity contribution in [2.75, 3.05) is 0 Å². The Hall–Kier alpha value is -2.92. The number of hydrogen-bond acceptors (Lipinski definition) is 3. The molecule has 0 fully saturated rings. The van der Waals surface area contributed by atoms with Crippen molar-refractivity contribution >= 4 is 28.3 Å². The van der Waals surface area contributed by atoms with Crippen LogP contribution in [0.2, 0.25) is 0 Å². The predicted molar refractivity (Wildman–Crippen MR) is 91.6 cm³/mol. The van der Waals surface area contributed by atoms with Gasteiger partial charge in [-0.2, -0.15) is 0 Å². The van der Waals surface area contributed by atoms with Crippen LogP contribution in [-0.4, -0.2) is 28.2 Å². The summed E-state index contributed by atoms with van der Waals surface area (Å²) in [6, 6.07) is 10.5. The normalized spacial score (nSPS) is 16.5. The maximum Gasteiger partial charge on any atom is 0.324 e. The fourth-order valence-corrected chi connectivity index (χ4v) is 3.07. The van der Waals surface area contributed by atoms with Crippen LogP contribution in [0.1, 0.15) is 17.5 Å². The Morgan fingerprint density at radius 3 is 2.42 bits per heavy atom. The van der Waals surface area contributed by atoms with Gasteiger partial charge in [0.25, 0.3) is 0 Å². The number of carboxylic acids is 2. The number of nitrogens with two attached hydrogens (primary N) is 1. The average Bonchev–Trinajstić information content (AvgIpc) is 2.56. The van der Waals surface area contributed by atoms with Gasteiger partial charge in [0, 0.05) is 0 Å². The topological polar surface area (TPSA) is 101 Å². The number of carbonyl (C=O) groups is 2. The van der Waals surface area contributed by atoms with E-state index in [0.29, 0.717) is 12.0 Å². The third-order valence-corrected chi connectivity index (χ3v) is 4.21. The molecule has 0 aliphatic heterocycles. The molecule has 0 heterocycles. The second-order valence-electron chi connectivity index (χ2n) is 5.79. The minimum Gasteiger partial charge on any atom is -0.481 e. The number of allylic oxidation sites excluding steroid dienone is 3. The van der Waals surface area contributed by atoms with Gasteiger partial charge in [-0.1, -0.05) is 42.5 Å². The second kappa shape index (κ2) is 6.29. The minimum atomic E-state index is -1.35. The Morgan fingerprint density at radius 1 is 1.12 bits per heavy atom. The number of hydrogen-bond donors (Lipinski definition) is 3. The zero-order valence-electron chi connectivity index (χ0n) is 12.9. The van der Waals surface area contributed by atoms with Gasteiger partial charge in [0.15, 0.2) is 0 Å². The van der Waals surface area contributed by atoms with Crippen molar-refractivity contribution in [1.29, 1.82) is 0 Å². The highest BCUT2D eigenvalue weighted by Gasteiger charge is 2.25. The van der Waals surface area contributed by atoms with Gasteiger partial charge in [-0.3, -0.25) is 9.59 Å². The number of benzene rings is 2. The lowest BCUT2D eigenvalue weighted by atomic mass is 9.84. The first kappa shape index (κ1) is 16.0. The summed E-state index contributed by atoms with van der Waals surface area (Å²) in [4.78, 5) is 22.5. The molecule has 5 heteroatoms. The zero-order chi connectivity index (χ0) is 17.3. The molecule has 24 heavy (non-hydrogen) atoms. The lowest BCUT2D eigenvalue weighted by Gasteiger charge is -2.21. The van der Waals surface area contributed by atoms with E-state index in [9.17, 15) is 14.7 Å². The molecule has 0 saturated heterocycles. The monoisotopic (exact) mass is 323 g/mol. The molecular weight excluding hydrogens is 306 g/mol. The van der Waals surface area contributed by atoms with E-state index in [2.05, 4.69) is 6.07 Å². The van der Waals surface area contributed by atoms with Crippen LogP contribution in [0.25, 0.3) is 16.3 Å². The van der Waals surface area contributed by atoms with E-state index in [-0.39, 0.29) is 5.57 Å². The van der Waals surface area contributed by atoms with Gasteiger partial charge in [0.05, 0.1) is 6.42 Å². The SMILES string of the molecule is N[C@H](C(=O)O)C(CC(=O)O)=C1C=CCc2cc3ccccc3cc21. The van der Waals surface area contributed by atoms with Gasteiger partial charge in [0.2, 0.25) is 0 Å². The average molecular weight is 323 g/mol. The Balaban J connectivity index is 2.24. The van der Waals surface area contributed by atoms with Crippen LogP contribution in [0.3, 0.4) is 0 Å². The van der Waals surface area contributed by atoms with Crippen molar-refractivity contribution in [2.45, 2.75) is 18.9 Å². The van der Waals surface area contributed by atoms with E-state index in [1.807, 2.05) is 36.4 Å². The van der Waals surface area contributed by atoms with Gasteiger partial charge in [-0.05, 0) is 45.5 Å². The molecule has 1 aliphatic carbocycles. The molecule has 4 N–H and O–H groups in total. The third-order valence-electron chi connectivity index (χ3n) is 4.21. The number of aliphatic carboxylic acids is 2. The molecule has 0 aromatic heterocycles. The predicted octanol–water partition coefficient (Wildman–Crippen LogP) is 2.59. The molecule has 0 bridgehead atoms. The maximum absolute atomic E-state index is 11.3. The van der Waals surface area contributed by atoms with Crippen LogP contribution >= 0.6 is 0 Å². The Labute approximate surface area is 138 Å². The van der Waals surface area contributed by atoms with Crippen molar-refractivity contribution in [2.24, 2.45) is 5.73 Å². The fraction of sp³-hybridized carbons (Fsp3) is 0.158. The number of rotatable bonds is 4. The molecule has 122 valence electrons. The molecule has 5 nitrogen and oxygen atoms in total. The van der Waals surface area contributed by atoms with E-state index in [4.69, 9.17) is 10.8 Å². The van der Waals surface area contributed by atoms with Gasteiger partial charge >= 0.3 is 11.9 Å². The van der Waals surface area contributed by atoms with Gasteiger partial charge < -0.3 is 15.9 Å². The molecule has 1 atom stereocenters. The van der Waals surface area contributed by atoms with Crippen molar-refractivity contribution in [3.05, 3.63) is 65.3 Å². The first-order valence-corrected chi connectivity index (χ1v) is 7.59. The molecule has 0 saturated carbocycles. The van der Waals surface area contributed by atoms with Crippen LogP contribution in [0.4, 0.5) is 0 Å². The summed E-state index contributed by atoms with van der Waals surface area (Å²) >= 11 is 0. The molecule has 1 aliphatic rings. The smallest absolute Gasteiger partial charge is 0.324 e. The van der Waals surface area contributed by atoms with E-state index in [1.54, 1.807) is 6.08 Å². The van der Waals surface area contributed by atoms with Gasteiger partial charge in [0.1, 0.15) is 6.04 Å². The summed E-state index contributed by atoms with van der Waals surface area (Å²) in [6.07, 6.45) is 3.99. The van der Waals surface area contributed by atoms with E-state index in [0.717, 1.165) is 21.9 Å². The summed E-state index contributed by atoms with van der Waals surface area (Å²) < 4.78 is 0. The summed E-state index contributed by atoms with van der Waals surface area (Å²) in [6.45, 7) is 0. The lowest BCUT2D eigenvalue weighted by molar-refractivity contribution is -0.138. The summed E-state index contributed by atoms with van der Waals surface area (Å²) in [5.74, 6) is -2.34. The van der Waals surface area contributed by atoms with Crippen molar-refractivity contribution in [3.63, 3.8) is 0 Å². The van der Waals surface area contributed by atoms with Gasteiger partial charge in [-0.25, -0.2) is 0 Å². The second-order valence-corrected chi connectivity index (χ2v) is 5.79. The molecule has 0 amide bonds. The zero-order valence-corrected chi connectivity index (χ0v) is 12.9. The summed E-state index contributed by atoms with van der Waals surface area (Å²) in [5, 5.41) is 20.5. The quantitative estimate of drug-likeness (QED) is 0.803. The highest BCUT2D eigenvalue weighted by molar-refractivity contribution is 5.94. The standard InChI is InChI=1S/C19H17NO4/c20-18(19(23)24)16(10-17(21)22)14-7-3-6-13-8-11-4-1-2-5-12(11)9-15(13)14/h1-5,7-9,18H,6,10,20H2,(H,21,22)(H,23,24)/t18-/m0/s1. The molecular formula is C19H17NO4. The summed E-state index contributed by atoms with van der Waals surface area (Å²) in [7, 11) is 0. The molecule has 0 unspecified atom stereocenters. The third kappa shape index (κ3) is 2.94. The van der Waals surface area contributed by atoms with Crippen molar-refractivity contribution < 1.29 is 19.8 Å². The van der Waals surface area contributed by atoms with E-state index >= 15 is 0 Å². The van der Waals surface area contributed by atoms with Crippen LogP contribution in [0.15, 0.2) is 54.1 Å². The Morgan fingerprint density at radius 2 is 1.79 bits per heavy atom. The molecule has 0 spiro atoms. The molecule has 3 rings (SSSR count). The van der Waals surface area contributed by atoms with E-state index in [1.165, 1.54) is 0 Å². The minimum absolute atomic E-state index is 0.211. The van der Waals surface area contributed by atoms with Crippen LogP contribution in [0, 0.1) is 0 Å². The van der Waals surface area contributed by atoms with Crippen LogP contribution < -0.4 is 5.73 Å². The van der Waals surface area contributed by atoms with Crippen molar-refractivity contribution in [1.82, 2.24) is 0 Å². The van der Waals surface area contributed by atoms with Crippen LogP contribution in [0.5, 0.6) is 0 Å². The molecule has 2 aromatic rings. The highest BCUT2D eigenvalue weighted by atomic mass is 16.4. The Bertz CT molecular complexity index is 895. The fourth-order valence-electron chi connectivity index (χ4n) is 3.07.